The summed E-state index contributed by atoms with van der Waals surface area (Å²) in [5, 5.41) is 7.19. The Kier molecular flexibility index (Phi) is 3.77. The van der Waals surface area contributed by atoms with Gasteiger partial charge in [0.05, 0.1) is 12.2 Å². The number of carbonyl (C=O) groups excluding carboxylic acids is 2. The Morgan fingerprint density at radius 3 is 2.86 bits per heavy atom. The molecule has 2 aliphatic heterocycles. The number of aromatic nitrogens is 3. The van der Waals surface area contributed by atoms with Gasteiger partial charge in [-0.05, 0) is 30.2 Å². The van der Waals surface area contributed by atoms with E-state index in [9.17, 15) is 14.0 Å². The van der Waals surface area contributed by atoms with Crippen LogP contribution in [0.5, 0.6) is 0 Å². The monoisotopic (exact) mass is 391 g/mol. The van der Waals surface area contributed by atoms with Crippen LogP contribution in [0.3, 0.4) is 0 Å². The van der Waals surface area contributed by atoms with E-state index < -0.39 is 23.2 Å². The largest absolute Gasteiger partial charge is 0.329 e. The predicted octanol–water partition coefficient (Wildman–Crippen LogP) is 2.43. The zero-order valence-corrected chi connectivity index (χ0v) is 15.7. The number of likely N-dealkylation sites (tertiary alicyclic amines) is 1. The van der Waals surface area contributed by atoms with Crippen LogP contribution in [0.2, 0.25) is 0 Å². The van der Waals surface area contributed by atoms with Gasteiger partial charge < -0.3 is 10.2 Å². The number of anilines is 1. The Labute approximate surface area is 166 Å². The van der Waals surface area contributed by atoms with Gasteiger partial charge in [0.15, 0.2) is 11.5 Å². The molecule has 2 atom stereocenters. The second-order valence-electron chi connectivity index (χ2n) is 7.40. The molecule has 2 aromatic heterocycles. The summed E-state index contributed by atoms with van der Waals surface area (Å²) in [6.45, 7) is 0.302. The molecule has 1 saturated heterocycles. The summed E-state index contributed by atoms with van der Waals surface area (Å²) in [5.74, 6) is -1.38. The van der Waals surface area contributed by atoms with Crippen LogP contribution in [-0.2, 0) is 17.3 Å². The van der Waals surface area contributed by atoms with Crippen molar-refractivity contribution in [2.45, 2.75) is 17.9 Å². The maximum atomic E-state index is 14.3. The highest BCUT2D eigenvalue weighted by molar-refractivity contribution is 6.08. The van der Waals surface area contributed by atoms with E-state index in [4.69, 9.17) is 0 Å². The van der Waals surface area contributed by atoms with E-state index in [1.54, 1.807) is 29.0 Å². The van der Waals surface area contributed by atoms with Gasteiger partial charge >= 0.3 is 0 Å². The zero-order chi connectivity index (χ0) is 20.2. The van der Waals surface area contributed by atoms with Crippen LogP contribution in [0, 0.1) is 5.82 Å². The SMILES string of the molecule is Cn1cc([C@@H]2N(C(=O)c3ncccc3F)CC[C@]23C(=O)Nc2ccccc23)cn1. The summed E-state index contributed by atoms with van der Waals surface area (Å²) >= 11 is 0. The molecule has 7 nitrogen and oxygen atoms in total. The molecule has 1 spiro atoms. The van der Waals surface area contributed by atoms with Crippen molar-refractivity contribution >= 4 is 17.5 Å². The number of nitrogens with zero attached hydrogens (tertiary/aromatic N) is 4. The minimum Gasteiger partial charge on any atom is -0.329 e. The van der Waals surface area contributed by atoms with Crippen LogP contribution in [0.4, 0.5) is 10.1 Å². The Hall–Kier alpha value is -3.55. The van der Waals surface area contributed by atoms with E-state index in [1.807, 2.05) is 24.3 Å². The molecule has 1 N–H and O–H groups in total. The molecule has 2 aliphatic rings. The second kappa shape index (κ2) is 6.23. The molecule has 0 bridgehead atoms. The average molecular weight is 391 g/mol. The molecular weight excluding hydrogens is 373 g/mol. The molecule has 0 unspecified atom stereocenters. The van der Waals surface area contributed by atoms with Crippen molar-refractivity contribution < 1.29 is 14.0 Å². The second-order valence-corrected chi connectivity index (χ2v) is 7.40. The van der Waals surface area contributed by atoms with Crippen LogP contribution in [0.15, 0.2) is 55.0 Å². The smallest absolute Gasteiger partial charge is 0.276 e. The highest BCUT2D eigenvalue weighted by atomic mass is 19.1. The normalized spacial score (nSPS) is 22.8. The third-order valence-electron chi connectivity index (χ3n) is 5.85. The molecular formula is C21H18FN5O2. The number of amides is 2. The molecule has 8 heteroatoms. The van der Waals surface area contributed by atoms with Crippen molar-refractivity contribution in [3.8, 4) is 0 Å². The van der Waals surface area contributed by atoms with Crippen LogP contribution in [0.25, 0.3) is 0 Å². The number of halogens is 1. The lowest BCUT2D eigenvalue weighted by Gasteiger charge is -2.33. The minimum absolute atomic E-state index is 0.163. The van der Waals surface area contributed by atoms with Gasteiger partial charge in [-0.1, -0.05) is 18.2 Å². The van der Waals surface area contributed by atoms with E-state index in [1.165, 1.54) is 18.3 Å². The first-order valence-electron chi connectivity index (χ1n) is 9.33. The number of aryl methyl sites for hydroxylation is 1. The molecule has 4 heterocycles. The number of pyridine rings is 1. The van der Waals surface area contributed by atoms with Crippen molar-refractivity contribution in [3.05, 3.63) is 77.6 Å². The maximum absolute atomic E-state index is 14.3. The first kappa shape index (κ1) is 17.5. The van der Waals surface area contributed by atoms with E-state index in [0.29, 0.717) is 13.0 Å². The van der Waals surface area contributed by atoms with Gasteiger partial charge in [0.25, 0.3) is 5.91 Å². The number of fused-ring (bicyclic) bond motifs is 2. The maximum Gasteiger partial charge on any atom is 0.276 e. The third kappa shape index (κ3) is 2.41. The molecule has 3 aromatic rings. The molecule has 1 aromatic carbocycles. The number of benzene rings is 1. The summed E-state index contributed by atoms with van der Waals surface area (Å²) in [6.07, 6.45) is 5.26. The summed E-state index contributed by atoms with van der Waals surface area (Å²) in [5.41, 5.74) is 1.10. The molecule has 2 amide bonds. The molecule has 29 heavy (non-hydrogen) atoms. The topological polar surface area (TPSA) is 80.1 Å². The number of carbonyl (C=O) groups is 2. The van der Waals surface area contributed by atoms with Crippen LogP contribution in [0.1, 0.15) is 34.1 Å². The van der Waals surface area contributed by atoms with Crippen molar-refractivity contribution in [2.24, 2.45) is 7.05 Å². The molecule has 0 radical (unpaired) electrons. The van der Waals surface area contributed by atoms with Crippen molar-refractivity contribution in [1.29, 1.82) is 0 Å². The molecule has 146 valence electrons. The molecule has 1 fully saturated rings. The lowest BCUT2D eigenvalue weighted by molar-refractivity contribution is -0.121. The fourth-order valence-corrected chi connectivity index (χ4v) is 4.63. The van der Waals surface area contributed by atoms with Gasteiger partial charge in [-0.25, -0.2) is 9.37 Å². The van der Waals surface area contributed by atoms with E-state index in [0.717, 1.165) is 16.8 Å². The predicted molar refractivity (Wildman–Crippen MR) is 103 cm³/mol. The van der Waals surface area contributed by atoms with Gasteiger partial charge in [-0.2, -0.15) is 5.10 Å². The van der Waals surface area contributed by atoms with E-state index in [2.05, 4.69) is 15.4 Å². The first-order chi connectivity index (χ1) is 14.0. The highest BCUT2D eigenvalue weighted by Crippen LogP contribution is 2.54. The number of rotatable bonds is 2. The number of hydrogen-bond acceptors (Lipinski definition) is 4. The molecule has 0 aliphatic carbocycles. The molecule has 0 saturated carbocycles. The average Bonchev–Trinajstić information content (AvgIpc) is 3.39. The van der Waals surface area contributed by atoms with Crippen molar-refractivity contribution in [1.82, 2.24) is 19.7 Å². The lowest BCUT2D eigenvalue weighted by atomic mass is 9.73. The standard InChI is InChI=1S/C21H18FN5O2/c1-26-12-13(11-24-26)18-21(14-5-2-3-7-16(14)25-20(21)29)8-10-27(18)19(28)17-15(22)6-4-9-23-17/h2-7,9,11-12,18H,8,10H2,1H3,(H,25,29)/t18-,21+/m0/s1. The number of nitrogens with one attached hydrogen (secondary N) is 1. The Morgan fingerprint density at radius 1 is 1.28 bits per heavy atom. The Morgan fingerprint density at radius 2 is 2.10 bits per heavy atom. The summed E-state index contributed by atoms with van der Waals surface area (Å²) < 4.78 is 15.9. The van der Waals surface area contributed by atoms with Gasteiger partial charge in [0.2, 0.25) is 5.91 Å². The van der Waals surface area contributed by atoms with E-state index in [-0.39, 0.29) is 11.6 Å². The van der Waals surface area contributed by atoms with Gasteiger partial charge in [0.1, 0.15) is 5.41 Å². The van der Waals surface area contributed by atoms with Crippen LogP contribution >= 0.6 is 0 Å². The highest BCUT2D eigenvalue weighted by Gasteiger charge is 2.59. The quantitative estimate of drug-likeness (QED) is 0.728. The van der Waals surface area contributed by atoms with Gasteiger partial charge in [0, 0.05) is 37.2 Å². The Bertz CT molecular complexity index is 1140. The van der Waals surface area contributed by atoms with Crippen LogP contribution < -0.4 is 5.32 Å². The minimum atomic E-state index is -0.958. The molecule has 5 rings (SSSR count). The Balaban J connectivity index is 1.68. The lowest BCUT2D eigenvalue weighted by Crippen LogP contribution is -2.42. The number of hydrogen-bond donors (Lipinski definition) is 1. The number of para-hydroxylation sites is 1. The fourth-order valence-electron chi connectivity index (χ4n) is 4.63. The fraction of sp³-hybridized carbons (Fsp3) is 0.238. The van der Waals surface area contributed by atoms with E-state index >= 15 is 0 Å². The summed E-state index contributed by atoms with van der Waals surface area (Å²) in [4.78, 5) is 32.0. The van der Waals surface area contributed by atoms with Crippen LogP contribution in [-0.4, -0.2) is 38.0 Å². The van der Waals surface area contributed by atoms with Gasteiger partial charge in [-0.15, -0.1) is 0 Å². The summed E-state index contributed by atoms with van der Waals surface area (Å²) in [7, 11) is 1.78. The van der Waals surface area contributed by atoms with Crippen molar-refractivity contribution in [3.63, 3.8) is 0 Å². The first-order valence-corrected chi connectivity index (χ1v) is 9.33. The summed E-state index contributed by atoms with van der Waals surface area (Å²) in [6, 6.07) is 9.54. The van der Waals surface area contributed by atoms with Gasteiger partial charge in [-0.3, -0.25) is 14.3 Å². The van der Waals surface area contributed by atoms with Crippen molar-refractivity contribution in [2.75, 3.05) is 11.9 Å². The third-order valence-corrected chi connectivity index (χ3v) is 5.85. The zero-order valence-electron chi connectivity index (χ0n) is 15.7.